The molecule has 0 aliphatic heterocycles. The number of nitrogens with two attached hydrogens (primary N) is 1. The molecule has 0 aliphatic carbocycles. The van der Waals surface area contributed by atoms with Crippen molar-refractivity contribution in [2.45, 2.75) is 25.9 Å². The van der Waals surface area contributed by atoms with E-state index in [0.29, 0.717) is 13.0 Å². The van der Waals surface area contributed by atoms with Gasteiger partial charge < -0.3 is 11.1 Å². The summed E-state index contributed by atoms with van der Waals surface area (Å²) in [7, 11) is 0. The van der Waals surface area contributed by atoms with Crippen LogP contribution in [0.1, 0.15) is 17.5 Å². The molecule has 0 bridgehead atoms. The van der Waals surface area contributed by atoms with Gasteiger partial charge in [0.1, 0.15) is 0 Å². The van der Waals surface area contributed by atoms with E-state index in [1.165, 1.54) is 5.56 Å². The van der Waals surface area contributed by atoms with Crippen LogP contribution in [0.3, 0.4) is 0 Å². The lowest BCUT2D eigenvalue weighted by atomic mass is 10.1. The fourth-order valence-corrected chi connectivity index (χ4v) is 1.43. The van der Waals surface area contributed by atoms with Crippen molar-refractivity contribution in [3.63, 3.8) is 0 Å². The van der Waals surface area contributed by atoms with Crippen molar-refractivity contribution in [1.82, 2.24) is 5.32 Å². The van der Waals surface area contributed by atoms with E-state index in [1.54, 1.807) is 6.08 Å². The van der Waals surface area contributed by atoms with Crippen LogP contribution in [-0.2, 0) is 11.3 Å². The molecule has 3 nitrogen and oxygen atoms in total. The van der Waals surface area contributed by atoms with Gasteiger partial charge in [0.2, 0.25) is 5.91 Å². The highest BCUT2D eigenvalue weighted by atomic mass is 16.2. The number of nitrogens with one attached hydrogen (secondary N) is 1. The van der Waals surface area contributed by atoms with Crippen molar-refractivity contribution in [3.05, 3.63) is 48.0 Å². The molecular weight excluding hydrogens is 200 g/mol. The van der Waals surface area contributed by atoms with Gasteiger partial charge in [-0.2, -0.15) is 0 Å². The fraction of sp³-hybridized carbons (Fsp3) is 0.308. The predicted molar refractivity (Wildman–Crippen MR) is 65.8 cm³/mol. The Labute approximate surface area is 96.3 Å². The first kappa shape index (κ1) is 12.5. The van der Waals surface area contributed by atoms with Crippen LogP contribution in [0.5, 0.6) is 0 Å². The molecule has 0 radical (unpaired) electrons. The molecule has 0 spiro atoms. The van der Waals surface area contributed by atoms with Crippen LogP contribution >= 0.6 is 0 Å². The summed E-state index contributed by atoms with van der Waals surface area (Å²) in [5, 5.41) is 2.80. The van der Waals surface area contributed by atoms with Crippen LogP contribution in [0.25, 0.3) is 0 Å². The Hall–Kier alpha value is -1.61. The maximum Gasteiger partial charge on any atom is 0.237 e. The molecule has 16 heavy (non-hydrogen) atoms. The van der Waals surface area contributed by atoms with Crippen LogP contribution in [0, 0.1) is 6.92 Å². The molecule has 1 aromatic rings. The van der Waals surface area contributed by atoms with Crippen molar-refractivity contribution in [2.75, 3.05) is 0 Å². The molecule has 1 amide bonds. The van der Waals surface area contributed by atoms with Gasteiger partial charge in [-0.25, -0.2) is 0 Å². The summed E-state index contributed by atoms with van der Waals surface area (Å²) in [6.07, 6.45) is 2.15. The number of hydrogen-bond donors (Lipinski definition) is 2. The van der Waals surface area contributed by atoms with Crippen LogP contribution < -0.4 is 11.1 Å². The minimum atomic E-state index is -0.498. The Morgan fingerprint density at radius 3 is 3.00 bits per heavy atom. The zero-order valence-electron chi connectivity index (χ0n) is 9.57. The molecule has 1 rings (SSSR count). The third kappa shape index (κ3) is 3.87. The van der Waals surface area contributed by atoms with E-state index in [0.717, 1.165) is 5.56 Å². The number of carbonyl (C=O) groups is 1. The molecule has 0 fully saturated rings. The van der Waals surface area contributed by atoms with E-state index in [9.17, 15) is 4.79 Å². The number of amides is 1. The van der Waals surface area contributed by atoms with E-state index in [4.69, 9.17) is 5.73 Å². The van der Waals surface area contributed by atoms with E-state index in [1.807, 2.05) is 31.2 Å². The quantitative estimate of drug-likeness (QED) is 0.736. The van der Waals surface area contributed by atoms with Crippen molar-refractivity contribution < 1.29 is 4.79 Å². The first-order valence-electron chi connectivity index (χ1n) is 5.33. The minimum absolute atomic E-state index is 0.138. The second kappa shape index (κ2) is 6.08. The van der Waals surface area contributed by atoms with E-state index >= 15 is 0 Å². The van der Waals surface area contributed by atoms with Gasteiger partial charge in [-0.1, -0.05) is 35.9 Å². The third-order valence-electron chi connectivity index (χ3n) is 2.31. The molecule has 0 aliphatic rings. The van der Waals surface area contributed by atoms with Crippen LogP contribution in [0.15, 0.2) is 36.9 Å². The molecule has 0 aromatic heterocycles. The first-order chi connectivity index (χ1) is 7.63. The van der Waals surface area contributed by atoms with Crippen LogP contribution in [-0.4, -0.2) is 11.9 Å². The summed E-state index contributed by atoms with van der Waals surface area (Å²) in [5.74, 6) is -0.138. The van der Waals surface area contributed by atoms with Gasteiger partial charge >= 0.3 is 0 Å². The van der Waals surface area contributed by atoms with Gasteiger partial charge in [0, 0.05) is 6.54 Å². The Morgan fingerprint density at radius 2 is 2.38 bits per heavy atom. The standard InChI is InChI=1S/C13H18N2O/c1-3-5-12(14)13(16)15-9-11-7-4-6-10(2)8-11/h3-4,6-8,12H,1,5,9,14H2,2H3,(H,15,16). The van der Waals surface area contributed by atoms with Gasteiger partial charge in [-0.15, -0.1) is 6.58 Å². The average molecular weight is 218 g/mol. The Balaban J connectivity index is 2.45. The molecule has 1 unspecified atom stereocenters. The highest BCUT2D eigenvalue weighted by Gasteiger charge is 2.10. The second-order valence-corrected chi connectivity index (χ2v) is 3.84. The Kier molecular flexibility index (Phi) is 4.73. The van der Waals surface area contributed by atoms with Crippen molar-refractivity contribution >= 4 is 5.91 Å². The highest BCUT2D eigenvalue weighted by Crippen LogP contribution is 2.03. The zero-order chi connectivity index (χ0) is 12.0. The summed E-state index contributed by atoms with van der Waals surface area (Å²) in [6, 6.07) is 7.52. The molecule has 0 heterocycles. The number of aryl methyl sites for hydroxylation is 1. The number of rotatable bonds is 5. The van der Waals surface area contributed by atoms with Crippen molar-refractivity contribution in [3.8, 4) is 0 Å². The maximum atomic E-state index is 11.5. The van der Waals surface area contributed by atoms with E-state index in [-0.39, 0.29) is 5.91 Å². The Bertz CT molecular complexity index is 374. The van der Waals surface area contributed by atoms with Gasteiger partial charge in [0.25, 0.3) is 0 Å². The minimum Gasteiger partial charge on any atom is -0.351 e. The van der Waals surface area contributed by atoms with Crippen LogP contribution in [0.4, 0.5) is 0 Å². The topological polar surface area (TPSA) is 55.1 Å². The number of hydrogen-bond acceptors (Lipinski definition) is 2. The number of carbonyl (C=O) groups excluding carboxylic acids is 1. The lowest BCUT2D eigenvalue weighted by molar-refractivity contribution is -0.122. The lowest BCUT2D eigenvalue weighted by Crippen LogP contribution is -2.39. The smallest absolute Gasteiger partial charge is 0.237 e. The molecular formula is C13H18N2O. The number of benzene rings is 1. The van der Waals surface area contributed by atoms with E-state index in [2.05, 4.69) is 11.9 Å². The average Bonchev–Trinajstić information content (AvgIpc) is 2.26. The van der Waals surface area contributed by atoms with Gasteiger partial charge in [0.15, 0.2) is 0 Å². The maximum absolute atomic E-state index is 11.5. The normalized spacial score (nSPS) is 11.9. The molecule has 1 aromatic carbocycles. The molecule has 1 atom stereocenters. The molecule has 0 saturated carbocycles. The first-order valence-corrected chi connectivity index (χ1v) is 5.33. The van der Waals surface area contributed by atoms with Crippen LogP contribution in [0.2, 0.25) is 0 Å². The molecule has 86 valence electrons. The summed E-state index contributed by atoms with van der Waals surface area (Å²) in [5.41, 5.74) is 7.90. The summed E-state index contributed by atoms with van der Waals surface area (Å²) >= 11 is 0. The van der Waals surface area contributed by atoms with Crippen molar-refractivity contribution in [1.29, 1.82) is 0 Å². The largest absolute Gasteiger partial charge is 0.351 e. The second-order valence-electron chi connectivity index (χ2n) is 3.84. The SMILES string of the molecule is C=CCC(N)C(=O)NCc1cccc(C)c1. The van der Waals surface area contributed by atoms with E-state index < -0.39 is 6.04 Å². The highest BCUT2D eigenvalue weighted by molar-refractivity contribution is 5.81. The monoisotopic (exact) mass is 218 g/mol. The predicted octanol–water partition coefficient (Wildman–Crippen LogP) is 1.51. The zero-order valence-corrected chi connectivity index (χ0v) is 9.57. The molecule has 3 heteroatoms. The summed E-state index contributed by atoms with van der Waals surface area (Å²) < 4.78 is 0. The summed E-state index contributed by atoms with van der Waals surface area (Å²) in [6.45, 7) is 6.09. The van der Waals surface area contributed by atoms with Gasteiger partial charge in [0.05, 0.1) is 6.04 Å². The fourth-order valence-electron chi connectivity index (χ4n) is 1.43. The van der Waals surface area contributed by atoms with Gasteiger partial charge in [-0.05, 0) is 18.9 Å². The summed E-state index contributed by atoms with van der Waals surface area (Å²) in [4.78, 5) is 11.5. The Morgan fingerprint density at radius 1 is 1.62 bits per heavy atom. The third-order valence-corrected chi connectivity index (χ3v) is 2.31. The lowest BCUT2D eigenvalue weighted by Gasteiger charge is -2.10. The van der Waals surface area contributed by atoms with Gasteiger partial charge in [-0.3, -0.25) is 4.79 Å². The molecule has 0 saturated heterocycles. The molecule has 3 N–H and O–H groups in total. The van der Waals surface area contributed by atoms with Crippen molar-refractivity contribution in [2.24, 2.45) is 5.73 Å².